The first-order valence-corrected chi connectivity index (χ1v) is 11.5. The number of amides is 3. The van der Waals surface area contributed by atoms with Crippen LogP contribution in [0.25, 0.3) is 0 Å². The van der Waals surface area contributed by atoms with Crippen LogP contribution in [-0.2, 0) is 6.54 Å². The number of anilines is 1. The molecule has 0 fully saturated rings. The van der Waals surface area contributed by atoms with Crippen LogP contribution < -0.4 is 26.8 Å². The van der Waals surface area contributed by atoms with E-state index < -0.39 is 0 Å². The first-order valence-electron chi connectivity index (χ1n) is 11.5. The SMILES string of the molecule is CC(C)NC(=O)N(CCCCOc1ccc(CN)cc1)CCCNC(=O)c1ccc(N)cc1. The largest absolute Gasteiger partial charge is 0.494 e. The molecule has 0 spiro atoms. The Labute approximate surface area is 196 Å². The number of hydrogen-bond acceptors (Lipinski definition) is 5. The number of nitrogens with two attached hydrogens (primary N) is 2. The standard InChI is InChI=1S/C25H37N5O3/c1-19(2)29-25(32)30(15-3-4-17-33-23-12-6-20(18-26)7-13-23)16-5-14-28-24(31)21-8-10-22(27)11-9-21/h6-13,19H,3-5,14-18,26-27H2,1-2H3,(H,28,31)(H,29,32). The van der Waals surface area contributed by atoms with Crippen molar-refractivity contribution in [1.82, 2.24) is 15.5 Å². The van der Waals surface area contributed by atoms with Gasteiger partial charge in [0.25, 0.3) is 5.91 Å². The van der Waals surface area contributed by atoms with E-state index in [-0.39, 0.29) is 18.0 Å². The summed E-state index contributed by atoms with van der Waals surface area (Å²) in [5.41, 5.74) is 13.5. The zero-order valence-electron chi connectivity index (χ0n) is 19.7. The van der Waals surface area contributed by atoms with Crippen molar-refractivity contribution in [3.8, 4) is 5.75 Å². The van der Waals surface area contributed by atoms with Crippen molar-refractivity contribution in [2.45, 2.75) is 45.7 Å². The van der Waals surface area contributed by atoms with Gasteiger partial charge in [0.15, 0.2) is 0 Å². The highest BCUT2D eigenvalue weighted by molar-refractivity contribution is 5.94. The molecule has 2 rings (SSSR count). The summed E-state index contributed by atoms with van der Waals surface area (Å²) in [5.74, 6) is 0.670. The molecule has 2 aromatic rings. The van der Waals surface area contributed by atoms with E-state index in [9.17, 15) is 9.59 Å². The Morgan fingerprint density at radius 2 is 1.64 bits per heavy atom. The Morgan fingerprint density at radius 1 is 0.970 bits per heavy atom. The molecule has 0 heterocycles. The van der Waals surface area contributed by atoms with Crippen LogP contribution >= 0.6 is 0 Å². The molecule has 2 aromatic carbocycles. The molecule has 0 radical (unpaired) electrons. The predicted octanol–water partition coefficient (Wildman–Crippen LogP) is 3.13. The van der Waals surface area contributed by atoms with Gasteiger partial charge >= 0.3 is 6.03 Å². The minimum absolute atomic E-state index is 0.0602. The van der Waals surface area contributed by atoms with E-state index >= 15 is 0 Å². The third kappa shape index (κ3) is 9.82. The lowest BCUT2D eigenvalue weighted by Crippen LogP contribution is -2.44. The van der Waals surface area contributed by atoms with E-state index in [1.54, 1.807) is 29.2 Å². The molecule has 8 nitrogen and oxygen atoms in total. The van der Waals surface area contributed by atoms with Crippen LogP contribution in [0.2, 0.25) is 0 Å². The number of rotatable bonds is 13. The van der Waals surface area contributed by atoms with Gasteiger partial charge < -0.3 is 31.7 Å². The highest BCUT2D eigenvalue weighted by Crippen LogP contribution is 2.12. The van der Waals surface area contributed by atoms with Crippen molar-refractivity contribution < 1.29 is 14.3 Å². The van der Waals surface area contributed by atoms with E-state index in [4.69, 9.17) is 16.2 Å². The molecule has 0 aliphatic rings. The topological polar surface area (TPSA) is 123 Å². The van der Waals surface area contributed by atoms with E-state index in [1.807, 2.05) is 38.1 Å². The maximum Gasteiger partial charge on any atom is 0.317 e. The van der Waals surface area contributed by atoms with Gasteiger partial charge in [-0.05, 0) is 75.1 Å². The minimum atomic E-state index is -0.148. The lowest BCUT2D eigenvalue weighted by Gasteiger charge is -2.24. The number of benzene rings is 2. The van der Waals surface area contributed by atoms with E-state index in [1.165, 1.54) is 0 Å². The van der Waals surface area contributed by atoms with Crippen molar-refractivity contribution in [1.29, 1.82) is 0 Å². The van der Waals surface area contributed by atoms with Gasteiger partial charge in [0.1, 0.15) is 5.75 Å². The van der Waals surface area contributed by atoms with E-state index in [2.05, 4.69) is 10.6 Å². The zero-order valence-corrected chi connectivity index (χ0v) is 19.7. The normalized spacial score (nSPS) is 10.7. The molecule has 8 heteroatoms. The third-order valence-electron chi connectivity index (χ3n) is 5.01. The molecule has 180 valence electrons. The first-order chi connectivity index (χ1) is 15.9. The summed E-state index contributed by atoms with van der Waals surface area (Å²) in [6, 6.07) is 14.5. The summed E-state index contributed by atoms with van der Waals surface area (Å²) in [4.78, 5) is 26.6. The molecule has 3 amide bonds. The number of hydrogen-bond donors (Lipinski definition) is 4. The lowest BCUT2D eigenvalue weighted by molar-refractivity contribution is 0.0952. The molecule has 0 bridgehead atoms. The summed E-state index contributed by atoms with van der Waals surface area (Å²) < 4.78 is 5.77. The molecule has 0 aliphatic heterocycles. The number of carbonyl (C=O) groups is 2. The summed E-state index contributed by atoms with van der Waals surface area (Å²) in [6.45, 7) is 6.64. The van der Waals surface area contributed by atoms with Crippen LogP contribution in [0, 0.1) is 0 Å². The molecular weight excluding hydrogens is 418 g/mol. The number of urea groups is 1. The van der Waals surface area contributed by atoms with Crippen LogP contribution in [0.5, 0.6) is 5.75 Å². The number of nitrogen functional groups attached to an aromatic ring is 1. The van der Waals surface area contributed by atoms with Crippen LogP contribution in [-0.4, -0.2) is 49.1 Å². The molecule has 0 saturated heterocycles. The van der Waals surface area contributed by atoms with Crippen LogP contribution in [0.1, 0.15) is 49.0 Å². The van der Waals surface area contributed by atoms with Gasteiger partial charge in [-0.25, -0.2) is 4.79 Å². The molecule has 0 aliphatic carbocycles. The number of nitrogens with one attached hydrogen (secondary N) is 2. The van der Waals surface area contributed by atoms with Crippen molar-refractivity contribution in [3.63, 3.8) is 0 Å². The van der Waals surface area contributed by atoms with Crippen LogP contribution in [0.15, 0.2) is 48.5 Å². The maximum atomic E-state index is 12.6. The first kappa shape index (κ1) is 26.0. The second-order valence-corrected chi connectivity index (χ2v) is 8.23. The average Bonchev–Trinajstić information content (AvgIpc) is 2.80. The quantitative estimate of drug-likeness (QED) is 0.273. The Kier molecular flexibility index (Phi) is 11.0. The van der Waals surface area contributed by atoms with Gasteiger partial charge in [0.2, 0.25) is 0 Å². The van der Waals surface area contributed by atoms with Crippen molar-refractivity contribution in [3.05, 3.63) is 59.7 Å². The summed E-state index contributed by atoms with van der Waals surface area (Å²) in [7, 11) is 0. The maximum absolute atomic E-state index is 12.6. The van der Waals surface area contributed by atoms with Crippen LogP contribution in [0.4, 0.5) is 10.5 Å². The molecule has 0 unspecified atom stereocenters. The number of carbonyl (C=O) groups excluding carboxylic acids is 2. The van der Waals surface area contributed by atoms with Crippen molar-refractivity contribution in [2.75, 3.05) is 32.0 Å². The second-order valence-electron chi connectivity index (χ2n) is 8.23. The Morgan fingerprint density at radius 3 is 2.27 bits per heavy atom. The van der Waals surface area contributed by atoms with E-state index in [0.717, 1.165) is 24.2 Å². The molecule has 0 atom stereocenters. The van der Waals surface area contributed by atoms with E-state index in [0.29, 0.717) is 50.5 Å². The number of unbranched alkanes of at least 4 members (excludes halogenated alkanes) is 1. The lowest BCUT2D eigenvalue weighted by atomic mass is 10.2. The molecule has 0 aromatic heterocycles. The van der Waals surface area contributed by atoms with Gasteiger partial charge in [-0.2, -0.15) is 0 Å². The number of ether oxygens (including phenoxy) is 1. The summed E-state index contributed by atoms with van der Waals surface area (Å²) in [6.07, 6.45) is 2.32. The highest BCUT2D eigenvalue weighted by atomic mass is 16.5. The Bertz CT molecular complexity index is 853. The highest BCUT2D eigenvalue weighted by Gasteiger charge is 2.14. The molecule has 33 heavy (non-hydrogen) atoms. The molecule has 0 saturated carbocycles. The van der Waals surface area contributed by atoms with Crippen molar-refractivity contribution in [2.24, 2.45) is 5.73 Å². The molecule has 6 N–H and O–H groups in total. The summed E-state index contributed by atoms with van der Waals surface area (Å²) >= 11 is 0. The number of nitrogens with zero attached hydrogens (tertiary/aromatic N) is 1. The van der Waals surface area contributed by atoms with Crippen molar-refractivity contribution >= 4 is 17.6 Å². The summed E-state index contributed by atoms with van der Waals surface area (Å²) in [5, 5.41) is 5.84. The van der Waals surface area contributed by atoms with Gasteiger partial charge in [-0.15, -0.1) is 0 Å². The Balaban J connectivity index is 1.72. The predicted molar refractivity (Wildman–Crippen MR) is 132 cm³/mol. The zero-order chi connectivity index (χ0) is 24.1. The van der Waals surface area contributed by atoms with Gasteiger partial charge in [-0.3, -0.25) is 4.79 Å². The fourth-order valence-corrected chi connectivity index (χ4v) is 3.18. The molecular formula is C25H37N5O3. The monoisotopic (exact) mass is 455 g/mol. The fourth-order valence-electron chi connectivity index (χ4n) is 3.18. The fraction of sp³-hybridized carbons (Fsp3) is 0.440. The average molecular weight is 456 g/mol. The smallest absolute Gasteiger partial charge is 0.317 e. The minimum Gasteiger partial charge on any atom is -0.494 e. The Hall–Kier alpha value is -3.26. The van der Waals surface area contributed by atoms with Gasteiger partial charge in [0.05, 0.1) is 6.61 Å². The second kappa shape index (κ2) is 14.0. The van der Waals surface area contributed by atoms with Gasteiger partial charge in [-0.1, -0.05) is 12.1 Å². The van der Waals surface area contributed by atoms with Crippen LogP contribution in [0.3, 0.4) is 0 Å². The third-order valence-corrected chi connectivity index (χ3v) is 5.01. The van der Waals surface area contributed by atoms with Gasteiger partial charge in [0, 0.05) is 43.5 Å².